The van der Waals surface area contributed by atoms with Crippen LogP contribution in [0.25, 0.3) is 11.6 Å². The third kappa shape index (κ3) is 3.19. The highest BCUT2D eigenvalue weighted by Gasteiger charge is 1.91. The molecule has 0 bridgehead atoms. The topological polar surface area (TPSA) is 26.0 Å². The molecule has 1 nitrogen and oxygen atoms in total. The van der Waals surface area contributed by atoms with E-state index in [1.807, 2.05) is 6.92 Å². The minimum Gasteiger partial charge on any atom is -0.330 e. The van der Waals surface area contributed by atoms with E-state index in [4.69, 9.17) is 5.73 Å². The minimum atomic E-state index is 0.709. The molecule has 1 rings (SSSR count). The molecule has 14 heavy (non-hydrogen) atoms. The molecule has 0 radical (unpaired) electrons. The quantitative estimate of drug-likeness (QED) is 0.770. The third-order valence-electron chi connectivity index (χ3n) is 2.05. The summed E-state index contributed by atoms with van der Waals surface area (Å²) in [5.41, 5.74) is 8.90. The maximum absolute atomic E-state index is 5.39. The van der Waals surface area contributed by atoms with E-state index in [-0.39, 0.29) is 0 Å². The first-order valence-corrected chi connectivity index (χ1v) is 4.86. The van der Waals surface area contributed by atoms with Crippen molar-refractivity contribution in [3.63, 3.8) is 0 Å². The van der Waals surface area contributed by atoms with Gasteiger partial charge >= 0.3 is 0 Å². The van der Waals surface area contributed by atoms with Crippen molar-refractivity contribution in [3.8, 4) is 0 Å². The van der Waals surface area contributed by atoms with Crippen LogP contribution in [-0.4, -0.2) is 6.54 Å². The van der Waals surface area contributed by atoms with Crippen molar-refractivity contribution >= 4 is 11.6 Å². The van der Waals surface area contributed by atoms with Crippen LogP contribution in [0.4, 0.5) is 0 Å². The predicted octanol–water partition coefficient (Wildman–Crippen LogP) is 3.08. The highest BCUT2D eigenvalue weighted by atomic mass is 14.5. The van der Waals surface area contributed by atoms with E-state index in [9.17, 15) is 0 Å². The fourth-order valence-electron chi connectivity index (χ4n) is 1.19. The van der Waals surface area contributed by atoms with E-state index in [0.29, 0.717) is 6.54 Å². The van der Waals surface area contributed by atoms with E-state index in [2.05, 4.69) is 43.0 Å². The average molecular weight is 187 g/mol. The van der Waals surface area contributed by atoms with Gasteiger partial charge in [0.15, 0.2) is 0 Å². The van der Waals surface area contributed by atoms with Gasteiger partial charge in [-0.25, -0.2) is 0 Å². The van der Waals surface area contributed by atoms with Crippen LogP contribution in [0.15, 0.2) is 36.9 Å². The van der Waals surface area contributed by atoms with Crippen LogP contribution in [0, 0.1) is 0 Å². The Labute approximate surface area is 85.9 Å². The van der Waals surface area contributed by atoms with E-state index < -0.39 is 0 Å². The van der Waals surface area contributed by atoms with Crippen LogP contribution in [-0.2, 0) is 0 Å². The molecule has 0 atom stereocenters. The molecular weight excluding hydrogens is 170 g/mol. The molecule has 2 N–H and O–H groups in total. The molecule has 1 aromatic carbocycles. The van der Waals surface area contributed by atoms with Crippen molar-refractivity contribution < 1.29 is 0 Å². The van der Waals surface area contributed by atoms with Crippen molar-refractivity contribution in [1.29, 1.82) is 0 Å². The first-order valence-electron chi connectivity index (χ1n) is 4.86. The van der Waals surface area contributed by atoms with Crippen LogP contribution in [0.2, 0.25) is 0 Å². The van der Waals surface area contributed by atoms with Gasteiger partial charge in [-0.1, -0.05) is 48.6 Å². The maximum atomic E-state index is 5.39. The monoisotopic (exact) mass is 187 g/mol. The van der Waals surface area contributed by atoms with E-state index in [1.165, 1.54) is 11.1 Å². The third-order valence-corrected chi connectivity index (χ3v) is 2.05. The normalized spacial score (nSPS) is 10.7. The lowest BCUT2D eigenvalue weighted by atomic mass is 10.1. The van der Waals surface area contributed by atoms with Crippen LogP contribution >= 0.6 is 0 Å². The predicted molar refractivity (Wildman–Crippen MR) is 63.9 cm³/mol. The Kier molecular flexibility index (Phi) is 4.14. The van der Waals surface area contributed by atoms with Crippen LogP contribution < -0.4 is 5.73 Å². The molecule has 0 aliphatic rings. The molecule has 0 amide bonds. The van der Waals surface area contributed by atoms with Gasteiger partial charge in [0.25, 0.3) is 0 Å². The Morgan fingerprint density at radius 1 is 1.36 bits per heavy atom. The van der Waals surface area contributed by atoms with Crippen molar-refractivity contribution in [3.05, 3.63) is 48.0 Å². The zero-order valence-corrected chi connectivity index (χ0v) is 8.66. The molecule has 0 saturated carbocycles. The second kappa shape index (κ2) is 5.40. The zero-order chi connectivity index (χ0) is 10.4. The number of nitrogens with two attached hydrogens (primary N) is 1. The van der Waals surface area contributed by atoms with Crippen molar-refractivity contribution in [1.82, 2.24) is 0 Å². The maximum Gasteiger partial charge on any atom is -0.00425 e. The summed E-state index contributed by atoms with van der Waals surface area (Å²) in [7, 11) is 0. The molecule has 0 aliphatic carbocycles. The average Bonchev–Trinajstić information content (AvgIpc) is 2.19. The summed E-state index contributed by atoms with van der Waals surface area (Å²) in [6.07, 6.45) is 5.12. The number of rotatable bonds is 4. The van der Waals surface area contributed by atoms with Gasteiger partial charge in [-0.2, -0.15) is 0 Å². The molecule has 0 fully saturated rings. The van der Waals surface area contributed by atoms with Gasteiger partial charge in [0, 0.05) is 0 Å². The molecule has 0 heterocycles. The molecule has 0 saturated heterocycles. The van der Waals surface area contributed by atoms with Crippen molar-refractivity contribution in [2.24, 2.45) is 5.73 Å². The SMILES string of the molecule is C=C(C)c1ccc(C=CCCN)cc1. The Hall–Kier alpha value is -1.34. The summed E-state index contributed by atoms with van der Waals surface area (Å²) in [5, 5.41) is 0. The Bertz CT molecular complexity index is 320. The fourth-order valence-corrected chi connectivity index (χ4v) is 1.19. The van der Waals surface area contributed by atoms with Gasteiger partial charge in [0.05, 0.1) is 0 Å². The Balaban J connectivity index is 2.68. The molecular formula is C13H17N. The standard InChI is InChI=1S/C13H17N/c1-11(2)13-8-6-12(7-9-13)5-3-4-10-14/h3,5-9H,1,4,10,14H2,2H3. The first kappa shape index (κ1) is 10.7. The summed E-state index contributed by atoms with van der Waals surface area (Å²) in [4.78, 5) is 0. The first-order chi connectivity index (χ1) is 6.74. The van der Waals surface area contributed by atoms with Gasteiger partial charge in [0.2, 0.25) is 0 Å². The number of benzene rings is 1. The molecule has 1 heteroatoms. The fraction of sp³-hybridized carbons (Fsp3) is 0.231. The molecule has 0 unspecified atom stereocenters. The second-order valence-corrected chi connectivity index (χ2v) is 3.38. The highest BCUT2D eigenvalue weighted by molar-refractivity contribution is 5.63. The van der Waals surface area contributed by atoms with Gasteiger partial charge in [-0.3, -0.25) is 0 Å². The summed E-state index contributed by atoms with van der Waals surface area (Å²) in [6, 6.07) is 8.36. The molecule has 0 aliphatic heterocycles. The summed E-state index contributed by atoms with van der Waals surface area (Å²) in [6.45, 7) is 6.62. The number of allylic oxidation sites excluding steroid dienone is 1. The number of hydrogen-bond donors (Lipinski definition) is 1. The zero-order valence-electron chi connectivity index (χ0n) is 8.66. The summed E-state index contributed by atoms with van der Waals surface area (Å²) >= 11 is 0. The van der Waals surface area contributed by atoms with Gasteiger partial charge < -0.3 is 5.73 Å². The van der Waals surface area contributed by atoms with E-state index in [0.717, 1.165) is 12.0 Å². The van der Waals surface area contributed by atoms with Crippen LogP contribution in [0.1, 0.15) is 24.5 Å². The molecule has 0 aromatic heterocycles. The van der Waals surface area contributed by atoms with Crippen molar-refractivity contribution in [2.45, 2.75) is 13.3 Å². The highest BCUT2D eigenvalue weighted by Crippen LogP contribution is 2.13. The number of hydrogen-bond acceptors (Lipinski definition) is 1. The van der Waals surface area contributed by atoms with Gasteiger partial charge in [-0.15, -0.1) is 0 Å². The van der Waals surface area contributed by atoms with E-state index in [1.54, 1.807) is 0 Å². The van der Waals surface area contributed by atoms with Crippen molar-refractivity contribution in [2.75, 3.05) is 6.54 Å². The Morgan fingerprint density at radius 2 is 2.00 bits per heavy atom. The second-order valence-electron chi connectivity index (χ2n) is 3.38. The molecule has 0 spiro atoms. The minimum absolute atomic E-state index is 0.709. The summed E-state index contributed by atoms with van der Waals surface area (Å²) in [5.74, 6) is 0. The van der Waals surface area contributed by atoms with Crippen LogP contribution in [0.5, 0.6) is 0 Å². The largest absolute Gasteiger partial charge is 0.330 e. The lowest BCUT2D eigenvalue weighted by Crippen LogP contribution is -1.94. The van der Waals surface area contributed by atoms with Crippen LogP contribution in [0.3, 0.4) is 0 Å². The lowest BCUT2D eigenvalue weighted by Gasteiger charge is -1.99. The Morgan fingerprint density at radius 3 is 2.50 bits per heavy atom. The van der Waals surface area contributed by atoms with Gasteiger partial charge in [-0.05, 0) is 31.0 Å². The smallest absolute Gasteiger partial charge is 0.00425 e. The van der Waals surface area contributed by atoms with E-state index >= 15 is 0 Å². The molecule has 1 aromatic rings. The lowest BCUT2D eigenvalue weighted by molar-refractivity contribution is 1.01. The molecule has 74 valence electrons. The summed E-state index contributed by atoms with van der Waals surface area (Å²) < 4.78 is 0. The van der Waals surface area contributed by atoms with Gasteiger partial charge in [0.1, 0.15) is 0 Å².